The summed E-state index contributed by atoms with van der Waals surface area (Å²) in [6.45, 7) is 0.334. The molecule has 3 amide bonds. The number of hydrogen-bond donors (Lipinski definition) is 1. The first-order valence-electron chi connectivity index (χ1n) is 9.36. The Bertz CT molecular complexity index is 1140. The lowest BCUT2D eigenvalue weighted by Crippen LogP contribution is -2.52. The van der Waals surface area contributed by atoms with E-state index in [0.717, 1.165) is 16.8 Å². The maximum atomic E-state index is 12.8. The second-order valence-corrected chi connectivity index (χ2v) is 7.16. The molecule has 0 aliphatic carbocycles. The minimum absolute atomic E-state index is 0.186. The molecule has 0 spiro atoms. The minimum atomic E-state index is -0.616. The van der Waals surface area contributed by atoms with Crippen molar-refractivity contribution in [2.75, 3.05) is 0 Å². The van der Waals surface area contributed by atoms with Crippen molar-refractivity contribution in [3.63, 3.8) is 0 Å². The van der Waals surface area contributed by atoms with Gasteiger partial charge in [-0.1, -0.05) is 29.5 Å². The van der Waals surface area contributed by atoms with Gasteiger partial charge in [0.25, 0.3) is 5.91 Å². The van der Waals surface area contributed by atoms with Gasteiger partial charge in [-0.3, -0.25) is 19.7 Å². The molecule has 0 bridgehead atoms. The summed E-state index contributed by atoms with van der Waals surface area (Å²) >= 11 is 0. The highest BCUT2D eigenvalue weighted by atomic mass is 16.2. The molecule has 1 aromatic heterocycles. The predicted molar refractivity (Wildman–Crippen MR) is 103 cm³/mol. The van der Waals surface area contributed by atoms with Crippen molar-refractivity contribution in [2.45, 2.75) is 25.4 Å². The number of carbonyl (C=O) groups excluding carboxylic acids is 3. The highest BCUT2D eigenvalue weighted by Gasteiger charge is 2.39. The Labute approximate surface area is 166 Å². The Hall–Kier alpha value is -3.81. The molecule has 1 unspecified atom stereocenters. The maximum Gasteiger partial charge on any atom is 0.255 e. The molecule has 1 atom stereocenters. The minimum Gasteiger partial charge on any atom is -0.322 e. The lowest BCUT2D eigenvalue weighted by atomic mass is 10.0. The van der Waals surface area contributed by atoms with Gasteiger partial charge in [-0.2, -0.15) is 0 Å². The molecular weight excluding hydrogens is 370 g/mol. The third-order valence-electron chi connectivity index (χ3n) is 5.33. The molecule has 2 aromatic carbocycles. The van der Waals surface area contributed by atoms with Gasteiger partial charge < -0.3 is 4.90 Å². The van der Waals surface area contributed by atoms with E-state index in [1.54, 1.807) is 10.7 Å². The molecule has 2 aliphatic heterocycles. The summed E-state index contributed by atoms with van der Waals surface area (Å²) in [5, 5.41) is 10.7. The van der Waals surface area contributed by atoms with Crippen LogP contribution in [0.2, 0.25) is 0 Å². The van der Waals surface area contributed by atoms with Crippen LogP contribution in [0.4, 0.5) is 0 Å². The van der Waals surface area contributed by atoms with Gasteiger partial charge in [-0.25, -0.2) is 4.68 Å². The Kier molecular flexibility index (Phi) is 3.97. The van der Waals surface area contributed by atoms with Gasteiger partial charge in [-0.05, 0) is 36.2 Å². The molecule has 0 saturated carbocycles. The molecule has 3 aromatic rings. The van der Waals surface area contributed by atoms with E-state index in [1.807, 2.05) is 48.7 Å². The molecule has 3 heterocycles. The van der Waals surface area contributed by atoms with Crippen LogP contribution in [-0.4, -0.2) is 43.7 Å². The summed E-state index contributed by atoms with van der Waals surface area (Å²) in [6, 6.07) is 14.6. The number of benzene rings is 2. The highest BCUT2D eigenvalue weighted by molar-refractivity contribution is 6.05. The largest absolute Gasteiger partial charge is 0.322 e. The van der Waals surface area contributed by atoms with Crippen LogP contribution in [-0.2, 0) is 16.1 Å². The number of nitrogens with one attached hydrogen (secondary N) is 1. The third kappa shape index (κ3) is 2.98. The number of hydrogen-bond acceptors (Lipinski definition) is 5. The summed E-state index contributed by atoms with van der Waals surface area (Å²) in [4.78, 5) is 37.9. The number of fused-ring (bicyclic) bond motifs is 1. The smallest absolute Gasteiger partial charge is 0.255 e. The Morgan fingerprint density at radius 2 is 1.86 bits per heavy atom. The van der Waals surface area contributed by atoms with Crippen LogP contribution in [0.5, 0.6) is 0 Å². The Morgan fingerprint density at radius 3 is 2.66 bits per heavy atom. The summed E-state index contributed by atoms with van der Waals surface area (Å²) in [5.74, 6) is -0.887. The molecule has 8 nitrogen and oxygen atoms in total. The third-order valence-corrected chi connectivity index (χ3v) is 5.33. The van der Waals surface area contributed by atoms with Crippen LogP contribution in [0.15, 0.2) is 54.7 Å². The number of imide groups is 1. The zero-order chi connectivity index (χ0) is 20.0. The number of piperidine rings is 1. The fourth-order valence-corrected chi connectivity index (χ4v) is 3.84. The van der Waals surface area contributed by atoms with Gasteiger partial charge >= 0.3 is 0 Å². The molecule has 1 saturated heterocycles. The SMILES string of the molecule is O=C1CCC(N2Cc3cc(-c4cn(-c5ccccc5)nn4)ccc3C2=O)C(=O)N1. The van der Waals surface area contributed by atoms with E-state index in [9.17, 15) is 14.4 Å². The van der Waals surface area contributed by atoms with Gasteiger partial charge in [0.15, 0.2) is 0 Å². The van der Waals surface area contributed by atoms with Gasteiger partial charge in [0, 0.05) is 24.1 Å². The second-order valence-electron chi connectivity index (χ2n) is 7.16. The molecule has 5 rings (SSSR count). The first-order chi connectivity index (χ1) is 14.1. The number of rotatable bonds is 3. The topological polar surface area (TPSA) is 97.2 Å². The predicted octanol–water partition coefficient (Wildman–Crippen LogP) is 1.70. The van der Waals surface area contributed by atoms with Crippen molar-refractivity contribution >= 4 is 17.7 Å². The molecule has 1 N–H and O–H groups in total. The van der Waals surface area contributed by atoms with Crippen LogP contribution in [0.3, 0.4) is 0 Å². The van der Waals surface area contributed by atoms with Crippen molar-refractivity contribution in [3.05, 3.63) is 65.9 Å². The molecule has 8 heteroatoms. The molecule has 2 aliphatic rings. The van der Waals surface area contributed by atoms with Crippen LogP contribution in [0.1, 0.15) is 28.8 Å². The van der Waals surface area contributed by atoms with Crippen molar-refractivity contribution in [3.8, 4) is 16.9 Å². The maximum absolute atomic E-state index is 12.8. The quantitative estimate of drug-likeness (QED) is 0.690. The van der Waals surface area contributed by atoms with E-state index in [-0.39, 0.29) is 18.2 Å². The normalized spacial score (nSPS) is 18.7. The van der Waals surface area contributed by atoms with E-state index < -0.39 is 11.9 Å². The van der Waals surface area contributed by atoms with E-state index in [0.29, 0.717) is 24.2 Å². The standard InChI is InChI=1S/C21H17N5O3/c27-19-9-8-18(20(28)22-19)25-11-14-10-13(6-7-16(14)21(25)29)17-12-26(24-23-17)15-4-2-1-3-5-15/h1-7,10,12,18H,8-9,11H2,(H,22,27,28). The van der Waals surface area contributed by atoms with E-state index in [2.05, 4.69) is 15.6 Å². The van der Waals surface area contributed by atoms with E-state index >= 15 is 0 Å². The lowest BCUT2D eigenvalue weighted by Gasteiger charge is -2.29. The van der Waals surface area contributed by atoms with Gasteiger partial charge in [-0.15, -0.1) is 5.10 Å². The lowest BCUT2D eigenvalue weighted by molar-refractivity contribution is -0.136. The summed E-state index contributed by atoms with van der Waals surface area (Å²) in [7, 11) is 0. The average Bonchev–Trinajstić information content (AvgIpc) is 3.34. The van der Waals surface area contributed by atoms with Crippen molar-refractivity contribution in [1.82, 2.24) is 25.2 Å². The summed E-state index contributed by atoms with van der Waals surface area (Å²) in [5.41, 5.74) is 3.87. The summed E-state index contributed by atoms with van der Waals surface area (Å²) in [6.07, 6.45) is 2.43. The molecule has 1 fully saturated rings. The number of para-hydroxylation sites is 1. The second kappa shape index (κ2) is 6.66. The van der Waals surface area contributed by atoms with Crippen LogP contribution in [0.25, 0.3) is 16.9 Å². The monoisotopic (exact) mass is 387 g/mol. The molecule has 29 heavy (non-hydrogen) atoms. The van der Waals surface area contributed by atoms with E-state index in [4.69, 9.17) is 0 Å². The molecule has 0 radical (unpaired) electrons. The average molecular weight is 387 g/mol. The zero-order valence-corrected chi connectivity index (χ0v) is 15.4. The first-order valence-corrected chi connectivity index (χ1v) is 9.36. The van der Waals surface area contributed by atoms with Crippen LogP contribution in [0, 0.1) is 0 Å². The van der Waals surface area contributed by atoms with Gasteiger partial charge in [0.1, 0.15) is 11.7 Å². The summed E-state index contributed by atoms with van der Waals surface area (Å²) < 4.78 is 1.70. The van der Waals surface area contributed by atoms with Crippen molar-refractivity contribution < 1.29 is 14.4 Å². The van der Waals surface area contributed by atoms with Crippen molar-refractivity contribution in [2.24, 2.45) is 0 Å². The van der Waals surface area contributed by atoms with Crippen LogP contribution < -0.4 is 5.32 Å². The number of amides is 3. The molecule has 144 valence electrons. The fraction of sp³-hybridized carbons (Fsp3) is 0.190. The fourth-order valence-electron chi connectivity index (χ4n) is 3.84. The van der Waals surface area contributed by atoms with Gasteiger partial charge in [0.2, 0.25) is 11.8 Å². The number of aromatic nitrogens is 3. The van der Waals surface area contributed by atoms with E-state index in [1.165, 1.54) is 4.90 Å². The first kappa shape index (κ1) is 17.3. The number of carbonyl (C=O) groups is 3. The zero-order valence-electron chi connectivity index (χ0n) is 15.4. The highest BCUT2D eigenvalue weighted by Crippen LogP contribution is 2.30. The Balaban J connectivity index is 1.41. The number of nitrogens with zero attached hydrogens (tertiary/aromatic N) is 4. The Morgan fingerprint density at radius 1 is 1.03 bits per heavy atom. The molecular formula is C21H17N5O3. The van der Waals surface area contributed by atoms with Gasteiger partial charge in [0.05, 0.1) is 11.9 Å². The van der Waals surface area contributed by atoms with Crippen LogP contribution >= 0.6 is 0 Å². The van der Waals surface area contributed by atoms with Crippen molar-refractivity contribution in [1.29, 1.82) is 0 Å².